The molecule has 0 aromatic heterocycles. The van der Waals surface area contributed by atoms with E-state index in [-0.39, 0.29) is 18.0 Å². The molecule has 0 aliphatic heterocycles. The molecule has 1 atom stereocenters. The van der Waals surface area contributed by atoms with Crippen LogP contribution < -0.4 is 0 Å². The molecular weight excluding hydrogens is 220 g/mol. The molecule has 0 aromatic rings. The van der Waals surface area contributed by atoms with Crippen LogP contribution in [0.4, 0.5) is 0 Å². The van der Waals surface area contributed by atoms with E-state index in [9.17, 15) is 9.59 Å². The van der Waals surface area contributed by atoms with Crippen molar-refractivity contribution in [1.82, 2.24) is 0 Å². The molecule has 4 nitrogen and oxygen atoms in total. The predicted octanol–water partition coefficient (Wildman–Crippen LogP) is 2.84. The van der Waals surface area contributed by atoms with Crippen LogP contribution in [0.15, 0.2) is 0 Å². The van der Waals surface area contributed by atoms with Gasteiger partial charge in [-0.25, -0.2) is 0 Å². The molecular formula is C13H24O4. The van der Waals surface area contributed by atoms with Gasteiger partial charge in [-0.3, -0.25) is 9.59 Å². The number of carbonyl (C=O) groups excluding carboxylic acids is 2. The lowest BCUT2D eigenvalue weighted by Crippen LogP contribution is -2.14. The number of hydrogen-bond acceptors (Lipinski definition) is 4. The summed E-state index contributed by atoms with van der Waals surface area (Å²) in [5.41, 5.74) is 0. The van der Waals surface area contributed by atoms with Crippen LogP contribution in [0, 0.1) is 0 Å². The number of esters is 2. The van der Waals surface area contributed by atoms with E-state index in [1.54, 1.807) is 6.92 Å². The van der Waals surface area contributed by atoms with Crippen molar-refractivity contribution in [3.8, 4) is 0 Å². The molecule has 0 aliphatic rings. The molecule has 0 N–H and O–H groups in total. The van der Waals surface area contributed by atoms with Gasteiger partial charge in [0.2, 0.25) is 0 Å². The number of hydrogen-bond donors (Lipinski definition) is 0. The van der Waals surface area contributed by atoms with Gasteiger partial charge in [0.1, 0.15) is 0 Å². The zero-order chi connectivity index (χ0) is 13.1. The van der Waals surface area contributed by atoms with Crippen molar-refractivity contribution in [3.63, 3.8) is 0 Å². The summed E-state index contributed by atoms with van der Waals surface area (Å²) in [5.74, 6) is -0.366. The molecule has 0 aliphatic carbocycles. The Morgan fingerprint density at radius 3 is 2.18 bits per heavy atom. The van der Waals surface area contributed by atoms with Crippen molar-refractivity contribution in [3.05, 3.63) is 0 Å². The molecule has 0 saturated carbocycles. The molecule has 17 heavy (non-hydrogen) atoms. The lowest BCUT2D eigenvalue weighted by Gasteiger charge is -2.11. The van der Waals surface area contributed by atoms with Gasteiger partial charge in [0.25, 0.3) is 0 Å². The molecule has 0 aromatic carbocycles. The molecule has 0 rings (SSSR count). The average Bonchev–Trinajstić information content (AvgIpc) is 2.25. The van der Waals surface area contributed by atoms with E-state index < -0.39 is 0 Å². The van der Waals surface area contributed by atoms with E-state index in [0.717, 1.165) is 12.8 Å². The molecule has 4 heteroatoms. The quantitative estimate of drug-likeness (QED) is 0.462. The summed E-state index contributed by atoms with van der Waals surface area (Å²) in [6.45, 7) is 6.16. The van der Waals surface area contributed by atoms with Crippen molar-refractivity contribution in [2.24, 2.45) is 0 Å². The second-order valence-corrected chi connectivity index (χ2v) is 4.10. The minimum absolute atomic E-state index is 0.00226. The van der Waals surface area contributed by atoms with E-state index >= 15 is 0 Å². The van der Waals surface area contributed by atoms with Gasteiger partial charge in [0.05, 0.1) is 12.7 Å². The van der Waals surface area contributed by atoms with Gasteiger partial charge in [-0.15, -0.1) is 0 Å². The minimum Gasteiger partial charge on any atom is -0.466 e. The maximum absolute atomic E-state index is 11.4. The SMILES string of the molecule is CCCC(C)OC(=O)CCCCC(=O)OCC. The van der Waals surface area contributed by atoms with Crippen molar-refractivity contribution in [1.29, 1.82) is 0 Å². The zero-order valence-corrected chi connectivity index (χ0v) is 11.2. The smallest absolute Gasteiger partial charge is 0.306 e. The lowest BCUT2D eigenvalue weighted by atomic mass is 10.2. The van der Waals surface area contributed by atoms with Crippen LogP contribution in [-0.2, 0) is 19.1 Å². The Labute approximate surface area is 104 Å². The highest BCUT2D eigenvalue weighted by atomic mass is 16.5. The molecule has 0 heterocycles. The predicted molar refractivity (Wildman–Crippen MR) is 65.6 cm³/mol. The highest BCUT2D eigenvalue weighted by Crippen LogP contribution is 2.06. The van der Waals surface area contributed by atoms with Crippen LogP contribution in [-0.4, -0.2) is 24.6 Å². The molecule has 0 radical (unpaired) electrons. The van der Waals surface area contributed by atoms with Gasteiger partial charge >= 0.3 is 11.9 Å². The third kappa shape index (κ3) is 9.85. The molecule has 0 bridgehead atoms. The standard InChI is InChI=1S/C13H24O4/c1-4-8-11(3)17-13(15)10-7-6-9-12(14)16-5-2/h11H,4-10H2,1-3H3. The molecule has 0 fully saturated rings. The monoisotopic (exact) mass is 244 g/mol. The Morgan fingerprint density at radius 1 is 1.06 bits per heavy atom. The minimum atomic E-state index is -0.194. The number of carbonyl (C=O) groups is 2. The summed E-state index contributed by atoms with van der Waals surface area (Å²) in [4.78, 5) is 22.4. The summed E-state index contributed by atoms with van der Waals surface area (Å²) >= 11 is 0. The molecule has 0 saturated heterocycles. The van der Waals surface area contributed by atoms with Gasteiger partial charge in [0, 0.05) is 12.8 Å². The summed E-state index contributed by atoms with van der Waals surface area (Å²) in [6.07, 6.45) is 4.02. The van der Waals surface area contributed by atoms with Crippen LogP contribution in [0.1, 0.15) is 59.3 Å². The highest BCUT2D eigenvalue weighted by Gasteiger charge is 2.09. The third-order valence-corrected chi connectivity index (χ3v) is 2.34. The van der Waals surface area contributed by atoms with Crippen LogP contribution in [0.3, 0.4) is 0 Å². The van der Waals surface area contributed by atoms with Crippen molar-refractivity contribution < 1.29 is 19.1 Å². The van der Waals surface area contributed by atoms with Crippen LogP contribution in [0.25, 0.3) is 0 Å². The van der Waals surface area contributed by atoms with Gasteiger partial charge in [-0.05, 0) is 33.1 Å². The first-order chi connectivity index (χ1) is 8.10. The van der Waals surface area contributed by atoms with E-state index in [0.29, 0.717) is 32.3 Å². The Balaban J connectivity index is 3.48. The number of unbranched alkanes of at least 4 members (excludes halogenated alkanes) is 1. The van der Waals surface area contributed by atoms with Crippen molar-refractivity contribution in [2.75, 3.05) is 6.61 Å². The second-order valence-electron chi connectivity index (χ2n) is 4.10. The Hall–Kier alpha value is -1.06. The fourth-order valence-corrected chi connectivity index (χ4v) is 1.52. The van der Waals surface area contributed by atoms with E-state index in [1.807, 2.05) is 6.92 Å². The Morgan fingerprint density at radius 2 is 1.65 bits per heavy atom. The number of rotatable bonds is 9. The zero-order valence-electron chi connectivity index (χ0n) is 11.2. The van der Waals surface area contributed by atoms with E-state index in [2.05, 4.69) is 6.92 Å². The van der Waals surface area contributed by atoms with Crippen molar-refractivity contribution >= 4 is 11.9 Å². The van der Waals surface area contributed by atoms with Gasteiger partial charge in [-0.2, -0.15) is 0 Å². The van der Waals surface area contributed by atoms with E-state index in [4.69, 9.17) is 9.47 Å². The fourth-order valence-electron chi connectivity index (χ4n) is 1.52. The summed E-state index contributed by atoms with van der Waals surface area (Å²) in [7, 11) is 0. The maximum Gasteiger partial charge on any atom is 0.306 e. The first-order valence-corrected chi connectivity index (χ1v) is 6.45. The summed E-state index contributed by atoms with van der Waals surface area (Å²) < 4.78 is 9.98. The lowest BCUT2D eigenvalue weighted by molar-refractivity contribution is -0.149. The Kier molecular flexibility index (Phi) is 9.49. The first kappa shape index (κ1) is 15.9. The Bertz CT molecular complexity index is 225. The van der Waals surface area contributed by atoms with Gasteiger partial charge < -0.3 is 9.47 Å². The fraction of sp³-hybridized carbons (Fsp3) is 0.846. The highest BCUT2D eigenvalue weighted by molar-refractivity contribution is 5.70. The van der Waals surface area contributed by atoms with E-state index in [1.165, 1.54) is 0 Å². The molecule has 0 amide bonds. The first-order valence-electron chi connectivity index (χ1n) is 6.45. The largest absolute Gasteiger partial charge is 0.466 e. The third-order valence-electron chi connectivity index (χ3n) is 2.34. The molecule has 100 valence electrons. The van der Waals surface area contributed by atoms with Gasteiger partial charge in [0.15, 0.2) is 0 Å². The maximum atomic E-state index is 11.4. The van der Waals surface area contributed by atoms with Crippen LogP contribution in [0.5, 0.6) is 0 Å². The summed E-state index contributed by atoms with van der Waals surface area (Å²) in [5, 5.41) is 0. The van der Waals surface area contributed by atoms with Crippen LogP contribution in [0.2, 0.25) is 0 Å². The number of ether oxygens (including phenoxy) is 2. The topological polar surface area (TPSA) is 52.6 Å². The summed E-state index contributed by atoms with van der Waals surface area (Å²) in [6, 6.07) is 0. The normalized spacial score (nSPS) is 11.9. The molecule has 1 unspecified atom stereocenters. The molecule has 0 spiro atoms. The second kappa shape index (κ2) is 10.1. The van der Waals surface area contributed by atoms with Crippen LogP contribution >= 0.6 is 0 Å². The average molecular weight is 244 g/mol. The van der Waals surface area contributed by atoms with Gasteiger partial charge in [-0.1, -0.05) is 13.3 Å². The van der Waals surface area contributed by atoms with Crippen molar-refractivity contribution in [2.45, 2.75) is 65.4 Å².